The van der Waals surface area contributed by atoms with Gasteiger partial charge in [-0.25, -0.2) is 4.79 Å². The summed E-state index contributed by atoms with van der Waals surface area (Å²) in [6, 6.07) is 11.9. The van der Waals surface area contributed by atoms with Crippen LogP contribution >= 0.6 is 0 Å². The van der Waals surface area contributed by atoms with Crippen LogP contribution in [-0.4, -0.2) is 21.9 Å². The lowest BCUT2D eigenvalue weighted by Gasteiger charge is -2.15. The molecule has 0 atom stereocenters. The molecule has 0 radical (unpaired) electrons. The summed E-state index contributed by atoms with van der Waals surface area (Å²) in [7, 11) is 0. The molecule has 0 spiro atoms. The number of hydrogen-bond donors (Lipinski definition) is 0. The van der Waals surface area contributed by atoms with Gasteiger partial charge in [-0.1, -0.05) is 0 Å². The van der Waals surface area contributed by atoms with Crippen LogP contribution in [0, 0.1) is 6.92 Å². The van der Waals surface area contributed by atoms with E-state index in [9.17, 15) is 9.59 Å². The number of rotatable bonds is 3. The maximum absolute atomic E-state index is 12.4. The third-order valence-corrected chi connectivity index (χ3v) is 4.33. The number of Topliss-reactive ketones (excluding diaryl/α,β-unsaturated/α-hetero) is 1. The fraction of sp³-hybridized carbons (Fsp3) is 0.200. The van der Waals surface area contributed by atoms with E-state index in [1.807, 2.05) is 0 Å². The van der Waals surface area contributed by atoms with Gasteiger partial charge in [-0.3, -0.25) is 4.79 Å². The van der Waals surface area contributed by atoms with Gasteiger partial charge in [0.25, 0.3) is 0 Å². The second kappa shape index (κ2) is 6.55. The molecule has 4 rings (SSSR count). The molecule has 130 valence electrons. The van der Waals surface area contributed by atoms with E-state index in [1.54, 1.807) is 49.4 Å². The third kappa shape index (κ3) is 3.13. The highest BCUT2D eigenvalue weighted by atomic mass is 16.5. The van der Waals surface area contributed by atoms with Gasteiger partial charge in [0.05, 0.1) is 5.56 Å². The minimum atomic E-state index is -0.458. The van der Waals surface area contributed by atoms with E-state index in [1.165, 1.54) is 0 Å². The molecule has 2 aromatic carbocycles. The SMILES string of the molecule is Cc1nnc(-c2ccc(C(=O)Oc3ccc4c(c3)CCCC4=O)cc2)o1. The quantitative estimate of drug-likeness (QED) is 0.529. The van der Waals surface area contributed by atoms with Crippen molar-refractivity contribution in [3.63, 3.8) is 0 Å². The van der Waals surface area contributed by atoms with E-state index in [2.05, 4.69) is 10.2 Å². The molecule has 0 amide bonds. The largest absolute Gasteiger partial charge is 0.423 e. The molecule has 0 N–H and O–H groups in total. The standard InChI is InChI=1S/C20H16N2O4/c1-12-21-22-19(25-12)13-5-7-14(8-6-13)20(24)26-16-9-10-17-15(11-16)3-2-4-18(17)23/h5-11H,2-4H2,1H3. The molecule has 0 saturated carbocycles. The van der Waals surface area contributed by atoms with Crippen molar-refractivity contribution in [1.82, 2.24) is 10.2 Å². The van der Waals surface area contributed by atoms with Crippen LogP contribution in [0.2, 0.25) is 0 Å². The maximum Gasteiger partial charge on any atom is 0.343 e. The van der Waals surface area contributed by atoms with Gasteiger partial charge in [0.15, 0.2) is 5.78 Å². The van der Waals surface area contributed by atoms with E-state index in [0.29, 0.717) is 29.5 Å². The first kappa shape index (κ1) is 16.2. The van der Waals surface area contributed by atoms with Crippen molar-refractivity contribution in [2.24, 2.45) is 0 Å². The number of aryl methyl sites for hydroxylation is 2. The third-order valence-electron chi connectivity index (χ3n) is 4.33. The van der Waals surface area contributed by atoms with Crippen LogP contribution in [0.15, 0.2) is 46.9 Å². The van der Waals surface area contributed by atoms with Gasteiger partial charge in [-0.2, -0.15) is 0 Å². The molecular formula is C20H16N2O4. The molecule has 26 heavy (non-hydrogen) atoms. The first-order valence-corrected chi connectivity index (χ1v) is 8.39. The highest BCUT2D eigenvalue weighted by Crippen LogP contribution is 2.26. The predicted molar refractivity (Wildman–Crippen MR) is 93.1 cm³/mol. The lowest BCUT2D eigenvalue weighted by Crippen LogP contribution is -2.12. The zero-order chi connectivity index (χ0) is 18.1. The summed E-state index contributed by atoms with van der Waals surface area (Å²) in [6.45, 7) is 1.72. The van der Waals surface area contributed by atoms with Gasteiger partial charge in [-0.05, 0) is 60.9 Å². The lowest BCUT2D eigenvalue weighted by atomic mass is 9.90. The van der Waals surface area contributed by atoms with E-state index in [4.69, 9.17) is 9.15 Å². The summed E-state index contributed by atoms with van der Waals surface area (Å²) in [4.78, 5) is 24.2. The number of carbonyl (C=O) groups excluding carboxylic acids is 2. The van der Waals surface area contributed by atoms with Crippen LogP contribution < -0.4 is 4.74 Å². The molecule has 1 aliphatic rings. The number of carbonyl (C=O) groups is 2. The smallest absolute Gasteiger partial charge is 0.343 e. The Morgan fingerprint density at radius 2 is 1.88 bits per heavy atom. The molecule has 3 aromatic rings. The van der Waals surface area contributed by atoms with Crippen molar-refractivity contribution >= 4 is 11.8 Å². The molecule has 0 bridgehead atoms. The first-order valence-electron chi connectivity index (χ1n) is 8.39. The van der Waals surface area contributed by atoms with Crippen LogP contribution in [0.1, 0.15) is 45.0 Å². The Hall–Kier alpha value is -3.28. The lowest BCUT2D eigenvalue weighted by molar-refractivity contribution is 0.0734. The summed E-state index contributed by atoms with van der Waals surface area (Å²) in [6.07, 6.45) is 2.24. The Morgan fingerprint density at radius 1 is 1.08 bits per heavy atom. The van der Waals surface area contributed by atoms with Gasteiger partial charge in [0, 0.05) is 24.5 Å². The normalized spacial score (nSPS) is 13.3. The van der Waals surface area contributed by atoms with Crippen molar-refractivity contribution in [3.05, 3.63) is 65.0 Å². The second-order valence-electron chi connectivity index (χ2n) is 6.19. The van der Waals surface area contributed by atoms with Crippen LogP contribution in [-0.2, 0) is 6.42 Å². The molecule has 0 fully saturated rings. The zero-order valence-corrected chi connectivity index (χ0v) is 14.2. The number of nitrogens with zero attached hydrogens (tertiary/aromatic N) is 2. The van der Waals surface area contributed by atoms with Crippen LogP contribution in [0.5, 0.6) is 5.75 Å². The summed E-state index contributed by atoms with van der Waals surface area (Å²) in [5.41, 5.74) is 2.82. The second-order valence-corrected chi connectivity index (χ2v) is 6.19. The molecule has 1 heterocycles. The maximum atomic E-state index is 12.4. The molecule has 1 aromatic heterocycles. The molecule has 0 aliphatic heterocycles. The number of fused-ring (bicyclic) bond motifs is 1. The van der Waals surface area contributed by atoms with Gasteiger partial charge < -0.3 is 9.15 Å². The topological polar surface area (TPSA) is 82.3 Å². The highest BCUT2D eigenvalue weighted by molar-refractivity contribution is 5.98. The monoisotopic (exact) mass is 348 g/mol. The van der Waals surface area contributed by atoms with Crippen molar-refractivity contribution in [2.45, 2.75) is 26.2 Å². The van der Waals surface area contributed by atoms with Crippen molar-refractivity contribution in [3.8, 4) is 17.2 Å². The fourth-order valence-corrected chi connectivity index (χ4v) is 3.01. The molecule has 6 nitrogen and oxygen atoms in total. The molecular weight excluding hydrogens is 332 g/mol. The van der Waals surface area contributed by atoms with Gasteiger partial charge >= 0.3 is 5.97 Å². The minimum absolute atomic E-state index is 0.149. The van der Waals surface area contributed by atoms with Gasteiger partial charge in [0.2, 0.25) is 11.8 Å². The Labute approximate surface area is 149 Å². The number of aromatic nitrogens is 2. The van der Waals surface area contributed by atoms with E-state index >= 15 is 0 Å². The number of ether oxygens (including phenoxy) is 1. The summed E-state index contributed by atoms with van der Waals surface area (Å²) < 4.78 is 10.8. The van der Waals surface area contributed by atoms with Crippen molar-refractivity contribution in [2.75, 3.05) is 0 Å². The number of benzene rings is 2. The van der Waals surface area contributed by atoms with Crippen LogP contribution in [0.3, 0.4) is 0 Å². The average molecular weight is 348 g/mol. The fourth-order valence-electron chi connectivity index (χ4n) is 3.01. The van der Waals surface area contributed by atoms with E-state index in [-0.39, 0.29) is 5.78 Å². The Balaban J connectivity index is 1.50. The Morgan fingerprint density at radius 3 is 2.62 bits per heavy atom. The number of hydrogen-bond acceptors (Lipinski definition) is 6. The number of esters is 1. The van der Waals surface area contributed by atoms with Crippen LogP contribution in [0.4, 0.5) is 0 Å². The van der Waals surface area contributed by atoms with E-state index in [0.717, 1.165) is 29.5 Å². The highest BCUT2D eigenvalue weighted by Gasteiger charge is 2.18. The average Bonchev–Trinajstić information content (AvgIpc) is 3.08. The molecule has 0 unspecified atom stereocenters. The first-order chi connectivity index (χ1) is 12.6. The predicted octanol–water partition coefficient (Wildman–Crippen LogP) is 3.78. The molecule has 0 saturated heterocycles. The van der Waals surface area contributed by atoms with Crippen molar-refractivity contribution in [1.29, 1.82) is 0 Å². The van der Waals surface area contributed by atoms with Crippen molar-refractivity contribution < 1.29 is 18.7 Å². The number of ketones is 1. The Kier molecular flexibility index (Phi) is 4.08. The Bertz CT molecular complexity index is 989. The van der Waals surface area contributed by atoms with E-state index < -0.39 is 5.97 Å². The minimum Gasteiger partial charge on any atom is -0.423 e. The molecule has 6 heteroatoms. The van der Waals surface area contributed by atoms with Crippen LogP contribution in [0.25, 0.3) is 11.5 Å². The summed E-state index contributed by atoms with van der Waals surface area (Å²) in [5.74, 6) is 1.02. The van der Waals surface area contributed by atoms with Gasteiger partial charge in [-0.15, -0.1) is 10.2 Å². The van der Waals surface area contributed by atoms with Gasteiger partial charge in [0.1, 0.15) is 5.75 Å². The molecule has 1 aliphatic carbocycles. The summed E-state index contributed by atoms with van der Waals surface area (Å²) in [5, 5.41) is 7.73. The zero-order valence-electron chi connectivity index (χ0n) is 14.2. The summed E-state index contributed by atoms with van der Waals surface area (Å²) >= 11 is 0.